The molecule has 0 spiro atoms. The van der Waals surface area contributed by atoms with E-state index in [2.05, 4.69) is 10.6 Å². The number of carbonyl (C=O) groups is 4. The van der Waals surface area contributed by atoms with Crippen molar-refractivity contribution in [2.75, 3.05) is 50.8 Å². The van der Waals surface area contributed by atoms with E-state index in [-0.39, 0.29) is 68.4 Å². The van der Waals surface area contributed by atoms with Gasteiger partial charge in [-0.05, 0) is 44.9 Å². The molecule has 1 aromatic carbocycles. The van der Waals surface area contributed by atoms with Crippen LogP contribution in [-0.4, -0.2) is 85.2 Å². The molecular formula is C24H33F2N5O5. The molecule has 0 bridgehead atoms. The smallest absolute Gasteiger partial charge is 0.408 e. The van der Waals surface area contributed by atoms with Crippen molar-refractivity contribution in [3.8, 4) is 0 Å². The molecule has 1 atom stereocenters. The van der Waals surface area contributed by atoms with Crippen LogP contribution in [0.2, 0.25) is 0 Å². The van der Waals surface area contributed by atoms with E-state index in [4.69, 9.17) is 4.74 Å². The normalized spacial score (nSPS) is 18.3. The number of ether oxygens (including phenoxy) is 1. The number of amides is 4. The molecule has 2 aliphatic heterocycles. The van der Waals surface area contributed by atoms with Gasteiger partial charge in [0, 0.05) is 39.6 Å². The number of hydrogen-bond donors (Lipinski definition) is 2. The fourth-order valence-electron chi connectivity index (χ4n) is 4.25. The number of nitrogens with zero attached hydrogens (tertiary/aromatic N) is 3. The number of likely N-dealkylation sites (tertiary alicyclic amines) is 1. The molecule has 0 unspecified atom stereocenters. The van der Waals surface area contributed by atoms with E-state index >= 15 is 8.78 Å². The molecule has 0 radical (unpaired) electrons. The Morgan fingerprint density at radius 2 is 1.64 bits per heavy atom. The van der Waals surface area contributed by atoms with Crippen LogP contribution in [0.25, 0.3) is 0 Å². The van der Waals surface area contributed by atoms with Gasteiger partial charge in [-0.15, -0.1) is 0 Å². The van der Waals surface area contributed by atoms with E-state index < -0.39 is 29.2 Å². The van der Waals surface area contributed by atoms with Crippen LogP contribution < -0.4 is 15.5 Å². The number of rotatable bonds is 6. The quantitative estimate of drug-likeness (QED) is 0.602. The first-order chi connectivity index (χ1) is 16.9. The monoisotopic (exact) mass is 509 g/mol. The number of hydrogen-bond acceptors (Lipinski definition) is 6. The van der Waals surface area contributed by atoms with E-state index in [0.717, 1.165) is 0 Å². The Hall–Kier alpha value is -3.44. The Bertz CT molecular complexity index is 998. The molecule has 36 heavy (non-hydrogen) atoms. The predicted octanol–water partition coefficient (Wildman–Crippen LogP) is 1.55. The maximum atomic E-state index is 15.0. The Kier molecular flexibility index (Phi) is 8.36. The minimum atomic E-state index is -0.774. The van der Waals surface area contributed by atoms with Crippen molar-refractivity contribution in [3.05, 3.63) is 29.3 Å². The van der Waals surface area contributed by atoms with Gasteiger partial charge in [-0.1, -0.05) is 0 Å². The summed E-state index contributed by atoms with van der Waals surface area (Å²) in [7, 11) is 0. The van der Waals surface area contributed by atoms with Crippen LogP contribution in [0.15, 0.2) is 12.1 Å². The van der Waals surface area contributed by atoms with Crippen LogP contribution in [0.5, 0.6) is 0 Å². The Morgan fingerprint density at radius 3 is 2.19 bits per heavy atom. The first-order valence-corrected chi connectivity index (χ1v) is 11.9. The van der Waals surface area contributed by atoms with Gasteiger partial charge in [0.2, 0.25) is 17.7 Å². The van der Waals surface area contributed by atoms with Crippen molar-refractivity contribution in [2.24, 2.45) is 0 Å². The summed E-state index contributed by atoms with van der Waals surface area (Å²) >= 11 is 0. The van der Waals surface area contributed by atoms with Gasteiger partial charge in [0.1, 0.15) is 29.5 Å². The molecule has 0 aromatic heterocycles. The highest BCUT2D eigenvalue weighted by atomic mass is 19.1. The number of carbonyl (C=O) groups excluding carboxylic acids is 4. The highest BCUT2D eigenvalue weighted by molar-refractivity contribution is 5.86. The lowest BCUT2D eigenvalue weighted by Crippen LogP contribution is -2.51. The summed E-state index contributed by atoms with van der Waals surface area (Å²) < 4.78 is 35.1. The molecule has 2 aliphatic rings. The number of halogens is 2. The van der Waals surface area contributed by atoms with Crippen LogP contribution in [0.1, 0.15) is 45.6 Å². The summed E-state index contributed by atoms with van der Waals surface area (Å²) in [4.78, 5) is 52.4. The van der Waals surface area contributed by atoms with E-state index in [1.807, 2.05) is 0 Å². The van der Waals surface area contributed by atoms with Crippen LogP contribution in [-0.2, 0) is 19.1 Å². The number of alkyl carbamates (subject to hydrolysis) is 1. The number of anilines is 1. The molecule has 10 nitrogen and oxygen atoms in total. The lowest BCUT2D eigenvalue weighted by atomic mass is 9.96. The SMILES string of the molecule is CC(=O)NCN1CC[C@@H](c2cc(F)c(N3CCN(C(=O)CNC(=O)OC(C)(C)C)CC3)c(F)c2)C1=O. The van der Waals surface area contributed by atoms with Crippen molar-refractivity contribution < 1.29 is 32.7 Å². The van der Waals surface area contributed by atoms with E-state index in [9.17, 15) is 19.2 Å². The minimum Gasteiger partial charge on any atom is -0.444 e. The molecule has 1 aromatic rings. The fraction of sp³-hybridized carbons (Fsp3) is 0.583. The predicted molar refractivity (Wildman–Crippen MR) is 127 cm³/mol. The third-order valence-electron chi connectivity index (χ3n) is 5.99. The van der Waals surface area contributed by atoms with Gasteiger partial charge >= 0.3 is 6.09 Å². The molecule has 0 aliphatic carbocycles. The van der Waals surface area contributed by atoms with Gasteiger partial charge in [-0.2, -0.15) is 0 Å². The van der Waals surface area contributed by atoms with Crippen molar-refractivity contribution in [2.45, 2.75) is 45.6 Å². The lowest BCUT2D eigenvalue weighted by molar-refractivity contribution is -0.131. The van der Waals surface area contributed by atoms with Gasteiger partial charge < -0.3 is 30.1 Å². The van der Waals surface area contributed by atoms with Crippen molar-refractivity contribution in [1.29, 1.82) is 0 Å². The zero-order valence-electron chi connectivity index (χ0n) is 21.0. The number of piperazine rings is 1. The van der Waals surface area contributed by atoms with Gasteiger partial charge in [-0.3, -0.25) is 14.4 Å². The van der Waals surface area contributed by atoms with Crippen LogP contribution in [0.3, 0.4) is 0 Å². The van der Waals surface area contributed by atoms with Gasteiger partial charge in [0.05, 0.1) is 12.6 Å². The molecule has 0 saturated carbocycles. The standard InChI is InChI=1S/C24H33F2N5O5/c1-15(32)28-14-31-6-5-17(22(31)34)16-11-18(25)21(19(26)12-16)30-9-7-29(8-10-30)20(33)13-27-23(35)36-24(2,3)4/h11-12,17H,5-10,13-14H2,1-4H3,(H,27,35)(H,28,32)/t17-/m0/s1. The molecule has 198 valence electrons. The first-order valence-electron chi connectivity index (χ1n) is 11.9. The number of benzene rings is 1. The summed E-state index contributed by atoms with van der Waals surface area (Å²) in [6.07, 6.45) is -0.299. The average molecular weight is 510 g/mol. The van der Waals surface area contributed by atoms with Crippen LogP contribution in [0.4, 0.5) is 19.3 Å². The van der Waals surface area contributed by atoms with E-state index in [1.165, 1.54) is 33.8 Å². The maximum Gasteiger partial charge on any atom is 0.408 e. The van der Waals surface area contributed by atoms with Crippen molar-refractivity contribution in [1.82, 2.24) is 20.4 Å². The summed E-state index contributed by atoms with van der Waals surface area (Å²) in [6, 6.07) is 2.37. The second-order valence-corrected chi connectivity index (χ2v) is 9.89. The Labute approximate surface area is 208 Å². The third-order valence-corrected chi connectivity index (χ3v) is 5.99. The largest absolute Gasteiger partial charge is 0.444 e. The molecule has 12 heteroatoms. The summed E-state index contributed by atoms with van der Waals surface area (Å²) in [5, 5.41) is 4.97. The summed E-state index contributed by atoms with van der Waals surface area (Å²) in [6.45, 7) is 7.57. The first kappa shape index (κ1) is 27.2. The highest BCUT2D eigenvalue weighted by Gasteiger charge is 2.34. The molecule has 2 fully saturated rings. The van der Waals surface area contributed by atoms with Crippen molar-refractivity contribution in [3.63, 3.8) is 0 Å². The van der Waals surface area contributed by atoms with Gasteiger partial charge in [0.15, 0.2) is 0 Å². The van der Waals surface area contributed by atoms with Gasteiger partial charge in [-0.25, -0.2) is 13.6 Å². The maximum absolute atomic E-state index is 15.0. The van der Waals surface area contributed by atoms with Crippen LogP contribution in [0, 0.1) is 11.6 Å². The van der Waals surface area contributed by atoms with Crippen molar-refractivity contribution >= 4 is 29.5 Å². The zero-order chi connectivity index (χ0) is 26.6. The molecule has 2 heterocycles. The molecular weight excluding hydrogens is 476 g/mol. The summed E-state index contributed by atoms with van der Waals surface area (Å²) in [5.41, 5.74) is -0.621. The highest BCUT2D eigenvalue weighted by Crippen LogP contribution is 2.33. The Morgan fingerprint density at radius 1 is 1.03 bits per heavy atom. The second-order valence-electron chi connectivity index (χ2n) is 9.89. The fourth-order valence-corrected chi connectivity index (χ4v) is 4.25. The molecule has 4 amide bonds. The average Bonchev–Trinajstić information content (AvgIpc) is 3.15. The third kappa shape index (κ3) is 6.82. The van der Waals surface area contributed by atoms with E-state index in [1.54, 1.807) is 20.8 Å². The van der Waals surface area contributed by atoms with Crippen LogP contribution >= 0.6 is 0 Å². The molecule has 3 rings (SSSR count). The minimum absolute atomic E-state index is 0.0595. The zero-order valence-corrected chi connectivity index (χ0v) is 21.0. The number of nitrogens with one attached hydrogen (secondary N) is 2. The topological polar surface area (TPSA) is 111 Å². The summed E-state index contributed by atoms with van der Waals surface area (Å²) in [5.74, 6) is -3.10. The lowest BCUT2D eigenvalue weighted by Gasteiger charge is -2.36. The second kappa shape index (κ2) is 11.1. The van der Waals surface area contributed by atoms with E-state index in [0.29, 0.717) is 13.0 Å². The molecule has 2 N–H and O–H groups in total. The molecule has 2 saturated heterocycles. The van der Waals surface area contributed by atoms with Gasteiger partial charge in [0.25, 0.3) is 0 Å². The Balaban J connectivity index is 1.57.